The van der Waals surface area contributed by atoms with Crippen LogP contribution < -0.4 is 11.1 Å². The molecular formula is C14H14BrN3O. The first kappa shape index (κ1) is 13.5. The molecule has 5 heteroatoms. The molecule has 0 aliphatic carbocycles. The van der Waals surface area contributed by atoms with Crippen LogP contribution in [0.4, 0.5) is 11.5 Å². The number of pyridine rings is 1. The van der Waals surface area contributed by atoms with Crippen molar-refractivity contribution < 1.29 is 4.79 Å². The molecule has 0 bridgehead atoms. The van der Waals surface area contributed by atoms with Crippen molar-refractivity contribution in [3.63, 3.8) is 0 Å². The zero-order valence-corrected chi connectivity index (χ0v) is 12.3. The van der Waals surface area contributed by atoms with Crippen LogP contribution in [-0.4, -0.2) is 10.9 Å². The minimum absolute atomic E-state index is 0.258. The van der Waals surface area contributed by atoms with Crippen molar-refractivity contribution in [2.24, 2.45) is 0 Å². The lowest BCUT2D eigenvalue weighted by atomic mass is 10.1. The van der Waals surface area contributed by atoms with E-state index in [-0.39, 0.29) is 5.91 Å². The van der Waals surface area contributed by atoms with Crippen LogP contribution in [0.25, 0.3) is 0 Å². The first-order valence-electron chi connectivity index (χ1n) is 5.77. The molecule has 1 amide bonds. The third kappa shape index (κ3) is 3.12. The number of amides is 1. The molecule has 1 aromatic carbocycles. The van der Waals surface area contributed by atoms with Gasteiger partial charge in [-0.1, -0.05) is 6.07 Å². The van der Waals surface area contributed by atoms with Gasteiger partial charge in [0.25, 0.3) is 5.91 Å². The van der Waals surface area contributed by atoms with Gasteiger partial charge in [-0.25, -0.2) is 4.98 Å². The van der Waals surface area contributed by atoms with Crippen molar-refractivity contribution in [2.45, 2.75) is 13.8 Å². The molecule has 0 atom stereocenters. The molecule has 0 saturated heterocycles. The zero-order valence-electron chi connectivity index (χ0n) is 10.7. The number of benzene rings is 1. The minimum atomic E-state index is -0.258. The van der Waals surface area contributed by atoms with Crippen LogP contribution in [-0.2, 0) is 0 Å². The van der Waals surface area contributed by atoms with Gasteiger partial charge in [0.2, 0.25) is 0 Å². The summed E-state index contributed by atoms with van der Waals surface area (Å²) in [5, 5.41) is 2.74. The minimum Gasteiger partial charge on any atom is -0.398 e. The van der Waals surface area contributed by atoms with E-state index in [9.17, 15) is 4.79 Å². The van der Waals surface area contributed by atoms with Gasteiger partial charge in [-0.15, -0.1) is 0 Å². The number of anilines is 2. The number of nitrogens with two attached hydrogens (primary N) is 1. The van der Waals surface area contributed by atoms with E-state index in [1.54, 1.807) is 24.4 Å². The fraction of sp³-hybridized carbons (Fsp3) is 0.143. The normalized spacial score (nSPS) is 10.3. The molecule has 98 valence electrons. The highest BCUT2D eigenvalue weighted by Crippen LogP contribution is 2.19. The number of nitrogens with zero attached hydrogens (tertiary/aromatic N) is 1. The Hall–Kier alpha value is -1.88. The van der Waals surface area contributed by atoms with E-state index in [4.69, 9.17) is 5.73 Å². The molecule has 0 fully saturated rings. The summed E-state index contributed by atoms with van der Waals surface area (Å²) < 4.78 is 0.903. The number of hydrogen-bond donors (Lipinski definition) is 2. The number of nitrogens with one attached hydrogen (secondary N) is 1. The Morgan fingerprint density at radius 3 is 2.68 bits per heavy atom. The Morgan fingerprint density at radius 2 is 2.05 bits per heavy atom. The maximum atomic E-state index is 12.1. The van der Waals surface area contributed by atoms with Crippen LogP contribution in [0.15, 0.2) is 34.9 Å². The molecule has 0 aliphatic heterocycles. The average Bonchev–Trinajstić information content (AvgIpc) is 2.33. The summed E-state index contributed by atoms with van der Waals surface area (Å²) in [7, 11) is 0. The molecule has 2 aromatic rings. The maximum absolute atomic E-state index is 12.1. The van der Waals surface area contributed by atoms with E-state index in [0.717, 1.165) is 15.6 Å². The number of rotatable bonds is 2. The van der Waals surface area contributed by atoms with Gasteiger partial charge in [0.1, 0.15) is 5.82 Å². The fourth-order valence-electron chi connectivity index (χ4n) is 1.68. The van der Waals surface area contributed by atoms with E-state index < -0.39 is 0 Å². The lowest BCUT2D eigenvalue weighted by molar-refractivity contribution is 0.102. The van der Waals surface area contributed by atoms with Gasteiger partial charge < -0.3 is 11.1 Å². The van der Waals surface area contributed by atoms with E-state index in [1.165, 1.54) is 0 Å². The van der Waals surface area contributed by atoms with Crippen LogP contribution in [0.2, 0.25) is 0 Å². The Morgan fingerprint density at radius 1 is 1.32 bits per heavy atom. The summed E-state index contributed by atoms with van der Waals surface area (Å²) in [5.74, 6) is 0.248. The predicted molar refractivity (Wildman–Crippen MR) is 80.2 cm³/mol. The van der Waals surface area contributed by atoms with Crippen LogP contribution in [0, 0.1) is 13.8 Å². The summed E-state index contributed by atoms with van der Waals surface area (Å²) in [6.07, 6.45) is 1.66. The highest BCUT2D eigenvalue weighted by molar-refractivity contribution is 9.10. The van der Waals surface area contributed by atoms with Gasteiger partial charge in [-0.3, -0.25) is 4.79 Å². The number of nitrogen functional groups attached to an aromatic ring is 1. The third-order valence-electron chi connectivity index (χ3n) is 2.74. The van der Waals surface area contributed by atoms with Crippen molar-refractivity contribution >= 4 is 33.3 Å². The number of hydrogen-bond acceptors (Lipinski definition) is 3. The molecule has 0 radical (unpaired) electrons. The topological polar surface area (TPSA) is 68.0 Å². The molecule has 19 heavy (non-hydrogen) atoms. The number of carbonyl (C=O) groups is 1. The average molecular weight is 320 g/mol. The lowest BCUT2D eigenvalue weighted by Gasteiger charge is -2.08. The predicted octanol–water partition coefficient (Wildman–Crippen LogP) is 3.30. The zero-order chi connectivity index (χ0) is 14.0. The second-order valence-corrected chi connectivity index (χ2v) is 5.22. The van der Waals surface area contributed by atoms with Crippen molar-refractivity contribution in [2.75, 3.05) is 11.1 Å². The van der Waals surface area contributed by atoms with E-state index >= 15 is 0 Å². The van der Waals surface area contributed by atoms with Crippen molar-refractivity contribution in [1.82, 2.24) is 4.98 Å². The molecule has 0 aliphatic rings. The Bertz CT molecular complexity index is 641. The van der Waals surface area contributed by atoms with Crippen molar-refractivity contribution in [1.29, 1.82) is 0 Å². The van der Waals surface area contributed by atoms with Gasteiger partial charge in [0, 0.05) is 16.4 Å². The second kappa shape index (κ2) is 5.40. The summed E-state index contributed by atoms with van der Waals surface area (Å²) in [4.78, 5) is 16.2. The van der Waals surface area contributed by atoms with Gasteiger partial charge in [-0.2, -0.15) is 0 Å². The SMILES string of the molecule is Cc1ccc(C(=O)Nc2cc(C)c(Br)cn2)c(N)c1. The van der Waals surface area contributed by atoms with Crippen LogP contribution in [0.5, 0.6) is 0 Å². The Balaban J connectivity index is 2.23. The second-order valence-electron chi connectivity index (χ2n) is 4.36. The molecule has 0 saturated carbocycles. The van der Waals surface area contributed by atoms with Gasteiger partial charge in [-0.05, 0) is 59.1 Å². The number of aryl methyl sites for hydroxylation is 2. The quantitative estimate of drug-likeness (QED) is 0.834. The molecule has 0 unspecified atom stereocenters. The number of aromatic nitrogens is 1. The molecule has 1 aromatic heterocycles. The van der Waals surface area contributed by atoms with E-state index in [1.807, 2.05) is 19.9 Å². The van der Waals surface area contributed by atoms with E-state index in [0.29, 0.717) is 17.1 Å². The molecule has 1 heterocycles. The van der Waals surface area contributed by atoms with Gasteiger partial charge in [0.05, 0.1) is 5.56 Å². The molecule has 0 spiro atoms. The third-order valence-corrected chi connectivity index (χ3v) is 3.57. The highest BCUT2D eigenvalue weighted by atomic mass is 79.9. The number of carbonyl (C=O) groups excluding carboxylic acids is 1. The first-order chi connectivity index (χ1) is 8.97. The monoisotopic (exact) mass is 319 g/mol. The van der Waals surface area contributed by atoms with Gasteiger partial charge >= 0.3 is 0 Å². The smallest absolute Gasteiger partial charge is 0.258 e. The number of halogens is 1. The summed E-state index contributed by atoms with van der Waals surface area (Å²) in [6.45, 7) is 3.86. The molecular weight excluding hydrogens is 306 g/mol. The maximum Gasteiger partial charge on any atom is 0.258 e. The summed E-state index contributed by atoms with van der Waals surface area (Å²) in [5.41, 5.74) is 8.78. The summed E-state index contributed by atoms with van der Waals surface area (Å²) in [6, 6.07) is 7.14. The van der Waals surface area contributed by atoms with Crippen LogP contribution >= 0.6 is 15.9 Å². The first-order valence-corrected chi connectivity index (χ1v) is 6.56. The van der Waals surface area contributed by atoms with Crippen molar-refractivity contribution in [3.8, 4) is 0 Å². The highest BCUT2D eigenvalue weighted by Gasteiger charge is 2.11. The van der Waals surface area contributed by atoms with Crippen LogP contribution in [0.3, 0.4) is 0 Å². The standard InChI is InChI=1S/C14H14BrN3O/c1-8-3-4-10(12(16)5-8)14(19)18-13-6-9(2)11(15)7-17-13/h3-7H,16H2,1-2H3,(H,17,18,19). The van der Waals surface area contributed by atoms with E-state index in [2.05, 4.69) is 26.2 Å². The molecule has 4 nitrogen and oxygen atoms in total. The van der Waals surface area contributed by atoms with Gasteiger partial charge in [0.15, 0.2) is 0 Å². The van der Waals surface area contributed by atoms with Crippen molar-refractivity contribution in [3.05, 3.63) is 51.6 Å². The fourth-order valence-corrected chi connectivity index (χ4v) is 1.90. The lowest BCUT2D eigenvalue weighted by Crippen LogP contribution is -2.15. The Kier molecular flexibility index (Phi) is 3.85. The largest absolute Gasteiger partial charge is 0.398 e. The van der Waals surface area contributed by atoms with Crippen LogP contribution in [0.1, 0.15) is 21.5 Å². The molecule has 3 N–H and O–H groups in total. The molecule has 2 rings (SSSR count). The summed E-state index contributed by atoms with van der Waals surface area (Å²) >= 11 is 3.36. The Labute approximate surface area is 120 Å².